The number of carbonyl (C=O) groups is 1. The molecule has 126 valence electrons. The summed E-state index contributed by atoms with van der Waals surface area (Å²) in [7, 11) is 1.63. The second kappa shape index (κ2) is 7.90. The van der Waals surface area contributed by atoms with Crippen LogP contribution < -0.4 is 5.32 Å². The number of piperidine rings is 1. The molecular weight excluding hydrogens is 292 g/mol. The van der Waals surface area contributed by atoms with Crippen LogP contribution in [0.5, 0.6) is 0 Å². The summed E-state index contributed by atoms with van der Waals surface area (Å²) in [5.41, 5.74) is 1.33. The van der Waals surface area contributed by atoms with Crippen LogP contribution in [0.25, 0.3) is 0 Å². The van der Waals surface area contributed by atoms with Crippen LogP contribution in [0.1, 0.15) is 18.4 Å². The number of amides is 1. The fourth-order valence-electron chi connectivity index (χ4n) is 3.54. The molecule has 23 heavy (non-hydrogen) atoms. The third kappa shape index (κ3) is 4.31. The first-order chi connectivity index (χ1) is 11.3. The number of rotatable bonds is 6. The zero-order valence-corrected chi connectivity index (χ0v) is 13.7. The van der Waals surface area contributed by atoms with Crippen LogP contribution in [0.3, 0.4) is 0 Å². The van der Waals surface area contributed by atoms with Crippen LogP contribution in [0.15, 0.2) is 30.3 Å². The van der Waals surface area contributed by atoms with Crippen LogP contribution in [0, 0.1) is 5.92 Å². The molecule has 0 aliphatic carbocycles. The summed E-state index contributed by atoms with van der Waals surface area (Å²) < 4.78 is 11.0. The lowest BCUT2D eigenvalue weighted by molar-refractivity contribution is -0.133. The number of hydrogen-bond acceptors (Lipinski definition) is 4. The number of nitrogens with zero attached hydrogens (tertiary/aromatic N) is 1. The Kier molecular flexibility index (Phi) is 5.65. The highest BCUT2D eigenvalue weighted by Crippen LogP contribution is 2.33. The zero-order valence-electron chi connectivity index (χ0n) is 13.7. The molecule has 0 aromatic heterocycles. The first-order valence-corrected chi connectivity index (χ1v) is 8.44. The largest absolute Gasteiger partial charge is 0.383 e. The van der Waals surface area contributed by atoms with Gasteiger partial charge in [0.25, 0.3) is 0 Å². The Bertz CT molecular complexity index is 508. The lowest BCUT2D eigenvalue weighted by Crippen LogP contribution is -2.42. The molecule has 1 N–H and O–H groups in total. The van der Waals surface area contributed by atoms with Gasteiger partial charge in [-0.25, -0.2) is 0 Å². The summed E-state index contributed by atoms with van der Waals surface area (Å²) in [4.78, 5) is 14.6. The molecule has 0 radical (unpaired) electrons. The predicted octanol–water partition coefficient (Wildman–Crippen LogP) is 1.43. The molecule has 1 aromatic rings. The number of ether oxygens (including phenoxy) is 2. The third-order valence-electron chi connectivity index (χ3n) is 4.78. The maximum Gasteiger partial charge on any atom is 0.249 e. The molecule has 0 spiro atoms. The molecule has 3 rings (SSSR count). The Labute approximate surface area is 137 Å². The SMILES string of the molecule is COCCNC(=O)[C@@H]1C[C@H]2CCN(Cc3ccccc3)C[C@H]2O1. The summed E-state index contributed by atoms with van der Waals surface area (Å²) in [6.07, 6.45) is 1.85. The minimum absolute atomic E-state index is 0.00561. The summed E-state index contributed by atoms with van der Waals surface area (Å²) in [5, 5.41) is 2.88. The van der Waals surface area contributed by atoms with Crippen LogP contribution >= 0.6 is 0 Å². The van der Waals surface area contributed by atoms with Crippen molar-refractivity contribution < 1.29 is 14.3 Å². The molecule has 5 heteroatoms. The van der Waals surface area contributed by atoms with Gasteiger partial charge in [-0.3, -0.25) is 9.69 Å². The Morgan fingerprint density at radius 1 is 1.39 bits per heavy atom. The lowest BCUT2D eigenvalue weighted by Gasteiger charge is -2.34. The van der Waals surface area contributed by atoms with E-state index in [0.717, 1.165) is 32.5 Å². The standard InChI is InChI=1S/C18H26N2O3/c1-22-10-8-19-18(21)16-11-15-7-9-20(13-17(15)23-16)12-14-5-3-2-4-6-14/h2-6,15-17H,7-13H2,1H3,(H,19,21)/t15-,16+,17-/m1/s1. The molecule has 2 aliphatic heterocycles. The van der Waals surface area contributed by atoms with Gasteiger partial charge in [0.2, 0.25) is 5.91 Å². The van der Waals surface area contributed by atoms with E-state index in [-0.39, 0.29) is 18.1 Å². The topological polar surface area (TPSA) is 50.8 Å². The van der Waals surface area contributed by atoms with Crippen molar-refractivity contribution in [3.63, 3.8) is 0 Å². The van der Waals surface area contributed by atoms with E-state index in [1.54, 1.807) is 7.11 Å². The molecule has 1 amide bonds. The van der Waals surface area contributed by atoms with Crippen LogP contribution in [0.2, 0.25) is 0 Å². The second-order valence-corrected chi connectivity index (χ2v) is 6.45. The lowest BCUT2D eigenvalue weighted by atomic mass is 9.91. The van der Waals surface area contributed by atoms with E-state index >= 15 is 0 Å². The smallest absolute Gasteiger partial charge is 0.249 e. The van der Waals surface area contributed by atoms with Gasteiger partial charge < -0.3 is 14.8 Å². The van der Waals surface area contributed by atoms with Crippen molar-refractivity contribution in [2.45, 2.75) is 31.6 Å². The van der Waals surface area contributed by atoms with Crippen LogP contribution in [-0.4, -0.2) is 56.4 Å². The van der Waals surface area contributed by atoms with Gasteiger partial charge in [0.15, 0.2) is 0 Å². The maximum atomic E-state index is 12.1. The summed E-state index contributed by atoms with van der Waals surface area (Å²) in [5.74, 6) is 0.520. The fraction of sp³-hybridized carbons (Fsp3) is 0.611. The average molecular weight is 318 g/mol. The van der Waals surface area contributed by atoms with Gasteiger partial charge in [-0.1, -0.05) is 30.3 Å². The monoisotopic (exact) mass is 318 g/mol. The van der Waals surface area contributed by atoms with Gasteiger partial charge in [-0.05, 0) is 30.9 Å². The van der Waals surface area contributed by atoms with Crippen molar-refractivity contribution in [1.82, 2.24) is 10.2 Å². The van der Waals surface area contributed by atoms with Crippen molar-refractivity contribution in [3.8, 4) is 0 Å². The molecule has 0 unspecified atom stereocenters. The first kappa shape index (κ1) is 16.4. The van der Waals surface area contributed by atoms with Crippen molar-refractivity contribution in [3.05, 3.63) is 35.9 Å². The zero-order chi connectivity index (χ0) is 16.1. The van der Waals surface area contributed by atoms with E-state index in [1.807, 2.05) is 6.07 Å². The minimum Gasteiger partial charge on any atom is -0.383 e. The highest BCUT2D eigenvalue weighted by atomic mass is 16.5. The molecular formula is C18H26N2O3. The Morgan fingerprint density at radius 2 is 2.22 bits per heavy atom. The van der Waals surface area contributed by atoms with E-state index in [1.165, 1.54) is 5.56 Å². The quantitative estimate of drug-likeness (QED) is 0.806. The van der Waals surface area contributed by atoms with E-state index in [4.69, 9.17) is 9.47 Å². The molecule has 2 heterocycles. The van der Waals surface area contributed by atoms with Crippen LogP contribution in [-0.2, 0) is 20.8 Å². The van der Waals surface area contributed by atoms with Gasteiger partial charge in [-0.2, -0.15) is 0 Å². The number of nitrogens with one attached hydrogen (secondary N) is 1. The van der Waals surface area contributed by atoms with Crippen molar-refractivity contribution in [2.75, 3.05) is 33.4 Å². The highest BCUT2D eigenvalue weighted by Gasteiger charge is 2.41. The van der Waals surface area contributed by atoms with Gasteiger partial charge in [-0.15, -0.1) is 0 Å². The van der Waals surface area contributed by atoms with Crippen molar-refractivity contribution >= 4 is 5.91 Å². The van der Waals surface area contributed by atoms with Gasteiger partial charge in [0.1, 0.15) is 6.10 Å². The number of likely N-dealkylation sites (tertiary alicyclic amines) is 1. The van der Waals surface area contributed by atoms with Gasteiger partial charge in [0.05, 0.1) is 12.7 Å². The molecule has 2 aliphatic rings. The van der Waals surface area contributed by atoms with E-state index in [0.29, 0.717) is 19.1 Å². The number of benzene rings is 1. The van der Waals surface area contributed by atoms with Crippen molar-refractivity contribution in [1.29, 1.82) is 0 Å². The Morgan fingerprint density at radius 3 is 3.00 bits per heavy atom. The van der Waals surface area contributed by atoms with E-state index in [9.17, 15) is 4.79 Å². The summed E-state index contributed by atoms with van der Waals surface area (Å²) in [6.45, 7) is 4.04. The molecule has 1 aromatic carbocycles. The number of methoxy groups -OCH3 is 1. The number of hydrogen-bond donors (Lipinski definition) is 1. The second-order valence-electron chi connectivity index (χ2n) is 6.45. The summed E-state index contributed by atoms with van der Waals surface area (Å²) in [6, 6.07) is 10.5. The molecule has 0 bridgehead atoms. The molecule has 2 fully saturated rings. The average Bonchev–Trinajstić information content (AvgIpc) is 2.99. The normalized spacial score (nSPS) is 27.6. The predicted molar refractivity (Wildman–Crippen MR) is 88.0 cm³/mol. The maximum absolute atomic E-state index is 12.1. The van der Waals surface area contributed by atoms with Crippen LogP contribution in [0.4, 0.5) is 0 Å². The molecule has 0 saturated carbocycles. The minimum atomic E-state index is -0.293. The number of fused-ring (bicyclic) bond motifs is 1. The third-order valence-corrected chi connectivity index (χ3v) is 4.78. The Hall–Kier alpha value is -1.43. The fourth-order valence-corrected chi connectivity index (χ4v) is 3.54. The van der Waals surface area contributed by atoms with Gasteiger partial charge in [0, 0.05) is 26.7 Å². The molecule has 3 atom stereocenters. The van der Waals surface area contributed by atoms with Crippen molar-refractivity contribution in [2.24, 2.45) is 5.92 Å². The summed E-state index contributed by atoms with van der Waals surface area (Å²) >= 11 is 0. The van der Waals surface area contributed by atoms with E-state index in [2.05, 4.69) is 34.5 Å². The van der Waals surface area contributed by atoms with E-state index < -0.39 is 0 Å². The highest BCUT2D eigenvalue weighted by molar-refractivity contribution is 5.81. The first-order valence-electron chi connectivity index (χ1n) is 8.44. The number of carbonyl (C=O) groups excluding carboxylic acids is 1. The molecule has 5 nitrogen and oxygen atoms in total. The molecule has 2 saturated heterocycles. The van der Waals surface area contributed by atoms with Gasteiger partial charge >= 0.3 is 0 Å². The Balaban J connectivity index is 1.48.